The summed E-state index contributed by atoms with van der Waals surface area (Å²) in [4.78, 5) is 32.8. The number of fused-ring (bicyclic) bond motifs is 1. The minimum Gasteiger partial charge on any atom is -0.497 e. The molecular weight excluding hydrogens is 537 g/mol. The summed E-state index contributed by atoms with van der Waals surface area (Å²) in [6, 6.07) is 24.2. The van der Waals surface area contributed by atoms with Crippen molar-refractivity contribution >= 4 is 17.2 Å². The third kappa shape index (κ3) is 5.31. The number of methoxy groups -OCH3 is 1. The van der Waals surface area contributed by atoms with E-state index in [1.807, 2.05) is 53.1 Å². The van der Waals surface area contributed by atoms with E-state index in [9.17, 15) is 19.3 Å². The van der Waals surface area contributed by atoms with Gasteiger partial charge in [-0.25, -0.2) is 9.37 Å². The first kappa shape index (κ1) is 27.1. The van der Waals surface area contributed by atoms with Crippen molar-refractivity contribution in [2.75, 3.05) is 33.3 Å². The molecule has 0 spiro atoms. The number of benzene rings is 3. The van der Waals surface area contributed by atoms with Crippen LogP contribution in [0.2, 0.25) is 0 Å². The molecule has 0 bridgehead atoms. The number of piperazine rings is 1. The first-order valence-electron chi connectivity index (χ1n) is 13.6. The molecule has 3 aromatic carbocycles. The second kappa shape index (κ2) is 11.4. The molecular formula is C32H28FN5O4. The lowest BCUT2D eigenvalue weighted by Crippen LogP contribution is -2.48. The lowest BCUT2D eigenvalue weighted by Gasteiger charge is -2.34. The molecule has 3 heterocycles. The van der Waals surface area contributed by atoms with Gasteiger partial charge in [-0.1, -0.05) is 24.3 Å². The van der Waals surface area contributed by atoms with Gasteiger partial charge in [-0.2, -0.15) is 0 Å². The molecule has 0 saturated carbocycles. The Morgan fingerprint density at radius 1 is 0.929 bits per heavy atom. The first-order chi connectivity index (χ1) is 20.4. The van der Waals surface area contributed by atoms with Crippen molar-refractivity contribution in [1.29, 1.82) is 0 Å². The summed E-state index contributed by atoms with van der Waals surface area (Å²) in [7, 11) is 1.62. The van der Waals surface area contributed by atoms with Crippen molar-refractivity contribution in [3.05, 3.63) is 118 Å². The fourth-order valence-corrected chi connectivity index (χ4v) is 5.32. The largest absolute Gasteiger partial charge is 0.497 e. The second-order valence-electron chi connectivity index (χ2n) is 10.1. The van der Waals surface area contributed by atoms with E-state index in [2.05, 4.69) is 4.90 Å². The maximum atomic E-state index is 14.2. The van der Waals surface area contributed by atoms with E-state index in [-0.39, 0.29) is 17.2 Å². The number of nitro benzene ring substituents is 1. The molecule has 1 fully saturated rings. The van der Waals surface area contributed by atoms with Crippen LogP contribution < -0.4 is 4.74 Å². The van der Waals surface area contributed by atoms with Crippen molar-refractivity contribution in [2.45, 2.75) is 6.54 Å². The molecule has 212 valence electrons. The zero-order valence-electron chi connectivity index (χ0n) is 22.9. The number of non-ortho nitro benzene ring substituents is 1. The third-order valence-electron chi connectivity index (χ3n) is 7.61. The first-order valence-corrected chi connectivity index (χ1v) is 13.6. The molecule has 0 N–H and O–H groups in total. The van der Waals surface area contributed by atoms with Crippen molar-refractivity contribution in [3.63, 3.8) is 0 Å². The number of ether oxygens (including phenoxy) is 1. The number of amides is 1. The van der Waals surface area contributed by atoms with Crippen LogP contribution in [0.25, 0.3) is 28.0 Å². The highest BCUT2D eigenvalue weighted by molar-refractivity contribution is 5.94. The lowest BCUT2D eigenvalue weighted by atomic mass is 10.1. The Labute approximate surface area is 241 Å². The normalized spacial score (nSPS) is 13.8. The molecule has 42 heavy (non-hydrogen) atoms. The second-order valence-corrected chi connectivity index (χ2v) is 10.1. The minimum absolute atomic E-state index is 0.0279. The van der Waals surface area contributed by atoms with E-state index in [0.717, 1.165) is 39.5 Å². The number of hydrogen-bond acceptors (Lipinski definition) is 6. The van der Waals surface area contributed by atoms with Gasteiger partial charge in [0.25, 0.3) is 11.6 Å². The van der Waals surface area contributed by atoms with Gasteiger partial charge >= 0.3 is 0 Å². The number of carbonyl (C=O) groups excluding carboxylic acids is 1. The standard InChI is InChI=1S/C32H28FN5O4/c1-42-26-12-9-22(10-13-26)31-29(21-35-15-17-36(18-16-35)32(39)27-7-2-3-8-28(27)33)37-20-24(11-14-30(37)34-31)23-5-4-6-25(19-23)38(40)41/h2-14,19-20H,15-18,21H2,1H3. The van der Waals surface area contributed by atoms with Crippen LogP contribution in [-0.4, -0.2) is 63.3 Å². The Morgan fingerprint density at radius 3 is 2.38 bits per heavy atom. The zero-order valence-corrected chi connectivity index (χ0v) is 22.9. The van der Waals surface area contributed by atoms with Crippen molar-refractivity contribution in [2.24, 2.45) is 0 Å². The van der Waals surface area contributed by atoms with Gasteiger partial charge in [-0.15, -0.1) is 0 Å². The molecule has 10 heteroatoms. The molecule has 5 aromatic rings. The summed E-state index contributed by atoms with van der Waals surface area (Å²) >= 11 is 0. The van der Waals surface area contributed by atoms with E-state index in [1.165, 1.54) is 18.2 Å². The number of rotatable bonds is 7. The van der Waals surface area contributed by atoms with E-state index in [1.54, 1.807) is 36.3 Å². The van der Waals surface area contributed by atoms with Crippen LogP contribution in [0.3, 0.4) is 0 Å². The number of nitrogens with zero attached hydrogens (tertiary/aromatic N) is 5. The summed E-state index contributed by atoms with van der Waals surface area (Å²) in [6.07, 6.45) is 1.96. The molecule has 1 amide bonds. The highest BCUT2D eigenvalue weighted by atomic mass is 19.1. The summed E-state index contributed by atoms with van der Waals surface area (Å²) in [6.45, 7) is 2.73. The monoisotopic (exact) mass is 565 g/mol. The molecule has 1 aliphatic rings. The van der Waals surface area contributed by atoms with E-state index in [4.69, 9.17) is 9.72 Å². The quantitative estimate of drug-likeness (QED) is 0.186. The number of imidazole rings is 1. The number of hydrogen-bond donors (Lipinski definition) is 0. The van der Waals surface area contributed by atoms with Crippen LogP contribution in [0.5, 0.6) is 5.75 Å². The van der Waals surface area contributed by atoms with Gasteiger partial charge in [0.15, 0.2) is 0 Å². The Kier molecular flexibility index (Phi) is 7.37. The number of nitro groups is 1. The van der Waals surface area contributed by atoms with Gasteiger partial charge in [0.2, 0.25) is 0 Å². The summed E-state index contributed by atoms with van der Waals surface area (Å²) in [5.41, 5.74) is 5.12. The average molecular weight is 566 g/mol. The highest BCUT2D eigenvalue weighted by Gasteiger charge is 2.26. The van der Waals surface area contributed by atoms with E-state index >= 15 is 0 Å². The Hall–Kier alpha value is -5.09. The van der Waals surface area contributed by atoms with Gasteiger partial charge in [0.1, 0.15) is 17.2 Å². The van der Waals surface area contributed by atoms with Crippen LogP contribution in [0.1, 0.15) is 16.1 Å². The fraction of sp³-hybridized carbons (Fsp3) is 0.188. The average Bonchev–Trinajstić information content (AvgIpc) is 3.38. The summed E-state index contributed by atoms with van der Waals surface area (Å²) < 4.78 is 21.6. The minimum atomic E-state index is -0.514. The maximum absolute atomic E-state index is 14.2. The Balaban J connectivity index is 1.32. The number of carbonyl (C=O) groups is 1. The van der Waals surface area contributed by atoms with E-state index < -0.39 is 10.7 Å². The van der Waals surface area contributed by atoms with Crippen LogP contribution in [0.4, 0.5) is 10.1 Å². The highest BCUT2D eigenvalue weighted by Crippen LogP contribution is 2.31. The number of aromatic nitrogens is 2. The SMILES string of the molecule is COc1ccc(-c2nc3ccc(-c4cccc([N+](=O)[O-])c4)cn3c2CN2CCN(C(=O)c3ccccc3F)CC2)cc1. The van der Waals surface area contributed by atoms with Gasteiger partial charge in [0, 0.05) is 56.6 Å². The number of halogens is 1. The van der Waals surface area contributed by atoms with Crippen molar-refractivity contribution < 1.29 is 18.8 Å². The van der Waals surface area contributed by atoms with Gasteiger partial charge in [0.05, 0.1) is 29.0 Å². The Bertz CT molecular complexity index is 1780. The van der Waals surface area contributed by atoms with Gasteiger partial charge < -0.3 is 14.0 Å². The topological polar surface area (TPSA) is 93.2 Å². The van der Waals surface area contributed by atoms with E-state index in [0.29, 0.717) is 32.7 Å². The van der Waals surface area contributed by atoms with Gasteiger partial charge in [-0.3, -0.25) is 19.8 Å². The predicted octanol–water partition coefficient (Wildman–Crippen LogP) is 5.68. The zero-order chi connectivity index (χ0) is 29.2. The van der Waals surface area contributed by atoms with Gasteiger partial charge in [-0.05, 0) is 59.7 Å². The predicted molar refractivity (Wildman–Crippen MR) is 157 cm³/mol. The third-order valence-corrected chi connectivity index (χ3v) is 7.61. The molecule has 0 aliphatic carbocycles. The Morgan fingerprint density at radius 2 is 1.67 bits per heavy atom. The fourth-order valence-electron chi connectivity index (χ4n) is 5.32. The van der Waals surface area contributed by atoms with Crippen molar-refractivity contribution in [3.8, 4) is 28.1 Å². The summed E-state index contributed by atoms with van der Waals surface area (Å²) in [5.74, 6) is -0.0740. The number of pyridine rings is 1. The molecule has 1 aliphatic heterocycles. The summed E-state index contributed by atoms with van der Waals surface area (Å²) in [5, 5.41) is 11.4. The van der Waals surface area contributed by atoms with Crippen LogP contribution in [0.15, 0.2) is 91.1 Å². The molecule has 2 aromatic heterocycles. The van der Waals surface area contributed by atoms with Crippen LogP contribution in [0, 0.1) is 15.9 Å². The molecule has 1 saturated heterocycles. The molecule has 0 radical (unpaired) electrons. The lowest BCUT2D eigenvalue weighted by molar-refractivity contribution is -0.384. The van der Waals surface area contributed by atoms with Crippen molar-refractivity contribution in [1.82, 2.24) is 19.2 Å². The molecule has 0 atom stereocenters. The van der Waals surface area contributed by atoms with Crippen LogP contribution >= 0.6 is 0 Å². The maximum Gasteiger partial charge on any atom is 0.270 e. The molecule has 6 rings (SSSR count). The smallest absolute Gasteiger partial charge is 0.270 e. The molecule has 0 unspecified atom stereocenters. The molecule has 9 nitrogen and oxygen atoms in total. The van der Waals surface area contributed by atoms with Crippen LogP contribution in [-0.2, 0) is 6.54 Å².